The molecule has 2 fully saturated rings. The van der Waals surface area contributed by atoms with Gasteiger partial charge < -0.3 is 4.74 Å². The van der Waals surface area contributed by atoms with Gasteiger partial charge in [-0.25, -0.2) is 0 Å². The Hall–Kier alpha value is -0.900. The second-order valence-corrected chi connectivity index (χ2v) is 8.00. The summed E-state index contributed by atoms with van der Waals surface area (Å²) in [6.07, 6.45) is 7.39. The second-order valence-electron chi connectivity index (χ2n) is 8.00. The van der Waals surface area contributed by atoms with Crippen molar-refractivity contribution in [3.05, 3.63) is 34.9 Å². The molecule has 25 heavy (non-hydrogen) atoms. The van der Waals surface area contributed by atoms with Gasteiger partial charge in [-0.2, -0.15) is 0 Å². The largest absolute Gasteiger partial charge is 0.379 e. The molecule has 3 nitrogen and oxygen atoms in total. The maximum absolute atomic E-state index is 5.54. The molecule has 1 aromatic carbocycles. The van der Waals surface area contributed by atoms with E-state index in [-0.39, 0.29) is 5.54 Å². The fraction of sp³-hybridized carbons (Fsp3) is 0.727. The zero-order valence-electron chi connectivity index (χ0n) is 16.7. The van der Waals surface area contributed by atoms with E-state index in [1.165, 1.54) is 31.2 Å². The third-order valence-electron chi connectivity index (χ3n) is 6.66. The van der Waals surface area contributed by atoms with E-state index in [4.69, 9.17) is 4.74 Å². The summed E-state index contributed by atoms with van der Waals surface area (Å²) >= 11 is 0. The van der Waals surface area contributed by atoms with E-state index in [1.54, 1.807) is 11.1 Å². The van der Waals surface area contributed by atoms with Crippen LogP contribution in [-0.2, 0) is 23.1 Å². The first-order chi connectivity index (χ1) is 12.1. The lowest BCUT2D eigenvalue weighted by atomic mass is 9.71. The Kier molecular flexibility index (Phi) is 6.19. The molecule has 1 saturated carbocycles. The van der Waals surface area contributed by atoms with Crippen LogP contribution in [0.4, 0.5) is 0 Å². The van der Waals surface area contributed by atoms with Gasteiger partial charge in [-0.1, -0.05) is 32.0 Å². The van der Waals surface area contributed by atoms with Crippen LogP contribution in [-0.4, -0.2) is 56.2 Å². The molecule has 1 saturated heterocycles. The minimum atomic E-state index is 0.209. The van der Waals surface area contributed by atoms with Crippen LogP contribution in [0.15, 0.2) is 18.2 Å². The smallest absolute Gasteiger partial charge is 0.0594 e. The number of nitrogens with zero attached hydrogens (tertiary/aromatic N) is 2. The van der Waals surface area contributed by atoms with Crippen molar-refractivity contribution in [2.45, 2.75) is 64.0 Å². The standard InChI is InChI=1S/C22H36N2O/c1-5-18-7-8-21(19(6-2)17-18)22(23(3)4)11-9-20(10-12-22)24-13-15-25-16-14-24/h7-8,17,20H,5-6,9-16H2,1-4H3. The van der Waals surface area contributed by atoms with Gasteiger partial charge in [0.25, 0.3) is 0 Å². The SMILES string of the molecule is CCc1ccc(C2(N(C)C)CCC(N3CCOCC3)CC2)c(CC)c1. The van der Waals surface area contributed by atoms with Crippen molar-refractivity contribution in [2.75, 3.05) is 40.4 Å². The van der Waals surface area contributed by atoms with Crippen molar-refractivity contribution < 1.29 is 4.74 Å². The van der Waals surface area contributed by atoms with Gasteiger partial charge in [0, 0.05) is 24.7 Å². The summed E-state index contributed by atoms with van der Waals surface area (Å²) in [5.74, 6) is 0. The highest BCUT2D eigenvalue weighted by Gasteiger charge is 2.41. The normalized spacial score (nSPS) is 28.4. The van der Waals surface area contributed by atoms with Gasteiger partial charge in [0.15, 0.2) is 0 Å². The quantitative estimate of drug-likeness (QED) is 0.807. The van der Waals surface area contributed by atoms with Crippen LogP contribution in [0.5, 0.6) is 0 Å². The molecule has 140 valence electrons. The summed E-state index contributed by atoms with van der Waals surface area (Å²) in [4.78, 5) is 5.17. The van der Waals surface area contributed by atoms with Crippen LogP contribution in [0.1, 0.15) is 56.2 Å². The molecule has 0 spiro atoms. The Bertz CT molecular complexity index is 555. The lowest BCUT2D eigenvalue weighted by Crippen LogP contribution is -2.51. The number of aryl methyl sites for hydroxylation is 2. The highest BCUT2D eigenvalue weighted by Crippen LogP contribution is 2.44. The summed E-state index contributed by atoms with van der Waals surface area (Å²) < 4.78 is 5.54. The summed E-state index contributed by atoms with van der Waals surface area (Å²) in [7, 11) is 4.56. The molecule has 1 aliphatic carbocycles. The van der Waals surface area contributed by atoms with E-state index >= 15 is 0 Å². The summed E-state index contributed by atoms with van der Waals surface area (Å²) in [5.41, 5.74) is 4.81. The van der Waals surface area contributed by atoms with Gasteiger partial charge in [0.1, 0.15) is 0 Å². The zero-order chi connectivity index (χ0) is 17.9. The molecule has 0 bridgehead atoms. The molecule has 0 aromatic heterocycles. The minimum absolute atomic E-state index is 0.209. The molecule has 3 heteroatoms. The number of rotatable bonds is 5. The Morgan fingerprint density at radius 2 is 1.76 bits per heavy atom. The second kappa shape index (κ2) is 8.20. The predicted octanol–water partition coefficient (Wildman–Crippen LogP) is 3.84. The lowest BCUT2D eigenvalue weighted by molar-refractivity contribution is -0.0113. The molecule has 0 atom stereocenters. The van der Waals surface area contributed by atoms with Gasteiger partial charge in [-0.15, -0.1) is 0 Å². The van der Waals surface area contributed by atoms with Crippen LogP contribution in [0, 0.1) is 0 Å². The third kappa shape index (κ3) is 3.79. The maximum atomic E-state index is 5.54. The highest BCUT2D eigenvalue weighted by molar-refractivity contribution is 5.38. The highest BCUT2D eigenvalue weighted by atomic mass is 16.5. The van der Waals surface area contributed by atoms with E-state index < -0.39 is 0 Å². The van der Waals surface area contributed by atoms with Crippen molar-refractivity contribution in [3.63, 3.8) is 0 Å². The molecule has 0 unspecified atom stereocenters. The van der Waals surface area contributed by atoms with Crippen LogP contribution in [0.3, 0.4) is 0 Å². The Labute approximate surface area is 154 Å². The maximum Gasteiger partial charge on any atom is 0.0594 e. The van der Waals surface area contributed by atoms with Crippen molar-refractivity contribution >= 4 is 0 Å². The van der Waals surface area contributed by atoms with Gasteiger partial charge in [-0.3, -0.25) is 9.80 Å². The molecule has 1 heterocycles. The van der Waals surface area contributed by atoms with Crippen molar-refractivity contribution in [2.24, 2.45) is 0 Å². The molecule has 1 aliphatic heterocycles. The van der Waals surface area contributed by atoms with E-state index in [0.717, 1.165) is 45.2 Å². The van der Waals surface area contributed by atoms with Crippen molar-refractivity contribution in [3.8, 4) is 0 Å². The van der Waals surface area contributed by atoms with Crippen LogP contribution in [0.2, 0.25) is 0 Å². The molecule has 3 rings (SSSR count). The van der Waals surface area contributed by atoms with Crippen molar-refractivity contribution in [1.29, 1.82) is 0 Å². The van der Waals surface area contributed by atoms with E-state index in [1.807, 2.05) is 0 Å². The zero-order valence-corrected chi connectivity index (χ0v) is 16.7. The fourth-order valence-corrected chi connectivity index (χ4v) is 4.96. The first kappa shape index (κ1) is 18.9. The summed E-state index contributed by atoms with van der Waals surface area (Å²) in [6.45, 7) is 8.61. The number of hydrogen-bond acceptors (Lipinski definition) is 3. The van der Waals surface area contributed by atoms with Crippen LogP contribution >= 0.6 is 0 Å². The number of benzene rings is 1. The topological polar surface area (TPSA) is 15.7 Å². The Morgan fingerprint density at radius 1 is 1.08 bits per heavy atom. The van der Waals surface area contributed by atoms with E-state index in [9.17, 15) is 0 Å². The molecule has 0 radical (unpaired) electrons. The Balaban J connectivity index is 1.82. The average Bonchev–Trinajstić information content (AvgIpc) is 2.68. The summed E-state index contributed by atoms with van der Waals surface area (Å²) in [6, 6.07) is 7.99. The third-order valence-corrected chi connectivity index (χ3v) is 6.66. The van der Waals surface area contributed by atoms with Gasteiger partial charge in [0.2, 0.25) is 0 Å². The van der Waals surface area contributed by atoms with Gasteiger partial charge >= 0.3 is 0 Å². The first-order valence-electron chi connectivity index (χ1n) is 10.2. The molecule has 0 N–H and O–H groups in total. The van der Waals surface area contributed by atoms with E-state index in [2.05, 4.69) is 55.9 Å². The molecular formula is C22H36N2O. The number of ether oxygens (including phenoxy) is 1. The number of morpholine rings is 1. The van der Waals surface area contributed by atoms with Crippen molar-refractivity contribution in [1.82, 2.24) is 9.80 Å². The number of hydrogen-bond donors (Lipinski definition) is 0. The van der Waals surface area contributed by atoms with E-state index in [0.29, 0.717) is 0 Å². The van der Waals surface area contributed by atoms with Crippen LogP contribution < -0.4 is 0 Å². The van der Waals surface area contributed by atoms with Gasteiger partial charge in [0.05, 0.1) is 13.2 Å². The first-order valence-corrected chi connectivity index (χ1v) is 10.2. The Morgan fingerprint density at radius 3 is 2.32 bits per heavy atom. The predicted molar refractivity (Wildman–Crippen MR) is 105 cm³/mol. The lowest BCUT2D eigenvalue weighted by Gasteiger charge is -2.49. The van der Waals surface area contributed by atoms with Gasteiger partial charge in [-0.05, 0) is 69.3 Å². The van der Waals surface area contributed by atoms with Crippen LogP contribution in [0.25, 0.3) is 0 Å². The summed E-state index contributed by atoms with van der Waals surface area (Å²) in [5, 5.41) is 0. The minimum Gasteiger partial charge on any atom is -0.379 e. The molecule has 1 aromatic rings. The molecule has 0 amide bonds. The molecular weight excluding hydrogens is 308 g/mol. The average molecular weight is 345 g/mol. The monoisotopic (exact) mass is 344 g/mol. The fourth-order valence-electron chi connectivity index (χ4n) is 4.96. The molecule has 2 aliphatic rings.